The van der Waals surface area contributed by atoms with Gasteiger partial charge in [-0.15, -0.1) is 0 Å². The van der Waals surface area contributed by atoms with Gasteiger partial charge >= 0.3 is 0 Å². The van der Waals surface area contributed by atoms with E-state index in [9.17, 15) is 4.79 Å². The Morgan fingerprint density at radius 3 is 2.87 bits per heavy atom. The second-order valence-electron chi connectivity index (χ2n) is 4.54. The first-order valence-electron chi connectivity index (χ1n) is 5.38. The van der Waals surface area contributed by atoms with E-state index in [4.69, 9.17) is 5.73 Å². The highest BCUT2D eigenvalue weighted by atomic mass is 16.1. The van der Waals surface area contributed by atoms with Gasteiger partial charge in [0, 0.05) is 18.3 Å². The quantitative estimate of drug-likeness (QED) is 0.789. The van der Waals surface area contributed by atoms with Crippen LogP contribution in [0.15, 0.2) is 17.2 Å². The van der Waals surface area contributed by atoms with Crippen LogP contribution in [0.5, 0.6) is 0 Å². The van der Waals surface area contributed by atoms with E-state index in [0.29, 0.717) is 6.54 Å². The van der Waals surface area contributed by atoms with Gasteiger partial charge in [-0.3, -0.25) is 9.36 Å². The maximum absolute atomic E-state index is 11.6. The zero-order valence-electron chi connectivity index (χ0n) is 9.07. The third-order valence-corrected chi connectivity index (χ3v) is 3.15. The number of hydrogen-bond acceptors (Lipinski definition) is 3. The Morgan fingerprint density at radius 1 is 1.60 bits per heavy atom. The van der Waals surface area contributed by atoms with E-state index in [1.165, 1.54) is 12.8 Å². The third-order valence-electron chi connectivity index (χ3n) is 3.15. The first-order valence-corrected chi connectivity index (χ1v) is 5.38. The lowest BCUT2D eigenvalue weighted by molar-refractivity contribution is 0.388. The van der Waals surface area contributed by atoms with Crippen molar-refractivity contribution >= 4 is 0 Å². The highest BCUT2D eigenvalue weighted by Crippen LogP contribution is 2.49. The summed E-state index contributed by atoms with van der Waals surface area (Å²) >= 11 is 0. The van der Waals surface area contributed by atoms with Crippen LogP contribution in [0.4, 0.5) is 0 Å². The van der Waals surface area contributed by atoms with Crippen LogP contribution in [0.25, 0.3) is 0 Å². The largest absolute Gasteiger partial charge is 0.330 e. The highest BCUT2D eigenvalue weighted by molar-refractivity contribution is 4.99. The van der Waals surface area contributed by atoms with Crippen LogP contribution in [0.1, 0.15) is 25.0 Å². The fourth-order valence-electron chi connectivity index (χ4n) is 1.97. The van der Waals surface area contributed by atoms with Gasteiger partial charge < -0.3 is 5.73 Å². The molecule has 1 aliphatic rings. The summed E-state index contributed by atoms with van der Waals surface area (Å²) in [5.41, 5.74) is 6.68. The van der Waals surface area contributed by atoms with Gasteiger partial charge in [0.05, 0.1) is 6.33 Å². The van der Waals surface area contributed by atoms with Gasteiger partial charge in [-0.05, 0) is 38.1 Å². The molecule has 1 aliphatic carbocycles. The molecule has 0 radical (unpaired) electrons. The molecule has 2 rings (SSSR count). The minimum Gasteiger partial charge on any atom is -0.330 e. The smallest absolute Gasteiger partial charge is 0.253 e. The summed E-state index contributed by atoms with van der Waals surface area (Å²) in [7, 11) is 0. The molecule has 0 unspecified atom stereocenters. The van der Waals surface area contributed by atoms with Crippen LogP contribution in [0.3, 0.4) is 0 Å². The minimum absolute atomic E-state index is 0.0470. The monoisotopic (exact) mass is 207 g/mol. The van der Waals surface area contributed by atoms with Crippen molar-refractivity contribution in [2.75, 3.05) is 6.54 Å². The van der Waals surface area contributed by atoms with Crippen molar-refractivity contribution in [3.05, 3.63) is 28.4 Å². The third kappa shape index (κ3) is 2.26. The molecular weight excluding hydrogens is 190 g/mol. The van der Waals surface area contributed by atoms with Crippen LogP contribution in [-0.2, 0) is 6.54 Å². The SMILES string of the molecule is Cc1cc(=O)n(CC2(CCN)CC2)cn1. The molecular formula is C11H17N3O. The first-order chi connectivity index (χ1) is 7.15. The molecule has 4 heteroatoms. The van der Waals surface area contributed by atoms with E-state index in [0.717, 1.165) is 18.7 Å². The predicted molar refractivity (Wildman–Crippen MR) is 58.6 cm³/mol. The fourth-order valence-corrected chi connectivity index (χ4v) is 1.97. The molecule has 0 saturated heterocycles. The lowest BCUT2D eigenvalue weighted by atomic mass is 10.0. The number of rotatable bonds is 4. The number of hydrogen-bond donors (Lipinski definition) is 1. The molecule has 0 aromatic carbocycles. The van der Waals surface area contributed by atoms with Crippen LogP contribution < -0.4 is 11.3 Å². The van der Waals surface area contributed by atoms with Gasteiger partial charge in [0.2, 0.25) is 0 Å². The zero-order valence-corrected chi connectivity index (χ0v) is 9.07. The Labute approximate surface area is 89.1 Å². The molecule has 2 N–H and O–H groups in total. The Morgan fingerprint density at radius 2 is 2.33 bits per heavy atom. The number of aryl methyl sites for hydroxylation is 1. The van der Waals surface area contributed by atoms with Crippen molar-refractivity contribution in [1.29, 1.82) is 0 Å². The predicted octanol–water partition coefficient (Wildman–Crippen LogP) is 0.681. The van der Waals surface area contributed by atoms with Crippen LogP contribution >= 0.6 is 0 Å². The molecule has 0 atom stereocenters. The van der Waals surface area contributed by atoms with Gasteiger partial charge in [-0.2, -0.15) is 0 Å². The number of nitrogens with zero attached hydrogens (tertiary/aromatic N) is 2. The van der Waals surface area contributed by atoms with E-state index in [1.54, 1.807) is 17.0 Å². The van der Waals surface area contributed by atoms with Crippen LogP contribution in [-0.4, -0.2) is 16.1 Å². The van der Waals surface area contributed by atoms with Crippen molar-refractivity contribution in [2.24, 2.45) is 11.1 Å². The van der Waals surface area contributed by atoms with Gasteiger partial charge in [-0.1, -0.05) is 0 Å². The molecule has 0 aliphatic heterocycles. The summed E-state index contributed by atoms with van der Waals surface area (Å²) in [4.78, 5) is 15.8. The van der Waals surface area contributed by atoms with Crippen LogP contribution in [0.2, 0.25) is 0 Å². The summed E-state index contributed by atoms with van der Waals surface area (Å²) in [6.07, 6.45) is 5.02. The first kappa shape index (κ1) is 10.4. The standard InChI is InChI=1S/C11H17N3O/c1-9-6-10(15)14(8-13-9)7-11(2-3-11)4-5-12/h6,8H,2-5,7,12H2,1H3. The normalized spacial score (nSPS) is 17.7. The lowest BCUT2D eigenvalue weighted by Gasteiger charge is -2.15. The Hall–Kier alpha value is -1.16. The maximum Gasteiger partial charge on any atom is 0.253 e. The molecule has 0 bridgehead atoms. The Bertz CT molecular complexity index is 407. The number of nitrogens with two attached hydrogens (primary N) is 1. The van der Waals surface area contributed by atoms with Gasteiger partial charge in [0.1, 0.15) is 0 Å². The van der Waals surface area contributed by atoms with Crippen molar-refractivity contribution in [3.8, 4) is 0 Å². The maximum atomic E-state index is 11.6. The van der Waals surface area contributed by atoms with Gasteiger partial charge in [-0.25, -0.2) is 4.98 Å². The topological polar surface area (TPSA) is 60.9 Å². The second-order valence-corrected chi connectivity index (χ2v) is 4.54. The molecule has 0 amide bonds. The summed E-state index contributed by atoms with van der Waals surface area (Å²) in [6.45, 7) is 3.31. The Balaban J connectivity index is 2.14. The molecule has 1 aromatic heterocycles. The van der Waals surface area contributed by atoms with E-state index in [2.05, 4.69) is 4.98 Å². The molecule has 1 fully saturated rings. The molecule has 1 aromatic rings. The lowest BCUT2D eigenvalue weighted by Crippen LogP contribution is -2.26. The van der Waals surface area contributed by atoms with Gasteiger partial charge in [0.15, 0.2) is 0 Å². The highest BCUT2D eigenvalue weighted by Gasteiger charge is 2.41. The van der Waals surface area contributed by atoms with Crippen molar-refractivity contribution in [3.63, 3.8) is 0 Å². The fraction of sp³-hybridized carbons (Fsp3) is 0.636. The average Bonchev–Trinajstić information content (AvgIpc) is 2.91. The molecule has 0 spiro atoms. The summed E-state index contributed by atoms with van der Waals surface area (Å²) in [5.74, 6) is 0. The second kappa shape index (κ2) is 3.77. The van der Waals surface area contributed by atoms with Crippen LogP contribution in [0, 0.1) is 12.3 Å². The molecule has 1 saturated carbocycles. The van der Waals surface area contributed by atoms with E-state index >= 15 is 0 Å². The van der Waals surface area contributed by atoms with E-state index < -0.39 is 0 Å². The number of aromatic nitrogens is 2. The van der Waals surface area contributed by atoms with Crippen molar-refractivity contribution < 1.29 is 0 Å². The molecule has 15 heavy (non-hydrogen) atoms. The summed E-state index contributed by atoms with van der Waals surface area (Å²) < 4.78 is 1.70. The molecule has 4 nitrogen and oxygen atoms in total. The summed E-state index contributed by atoms with van der Waals surface area (Å²) in [5, 5.41) is 0. The van der Waals surface area contributed by atoms with E-state index in [1.807, 2.05) is 6.92 Å². The zero-order chi connectivity index (χ0) is 10.9. The van der Waals surface area contributed by atoms with Crippen molar-refractivity contribution in [1.82, 2.24) is 9.55 Å². The minimum atomic E-state index is 0.0470. The average molecular weight is 207 g/mol. The Kier molecular flexibility index (Phi) is 2.61. The molecule has 82 valence electrons. The van der Waals surface area contributed by atoms with E-state index in [-0.39, 0.29) is 11.0 Å². The summed E-state index contributed by atoms with van der Waals surface area (Å²) in [6, 6.07) is 1.58. The van der Waals surface area contributed by atoms with Crippen molar-refractivity contribution in [2.45, 2.75) is 32.7 Å². The van der Waals surface area contributed by atoms with Gasteiger partial charge in [0.25, 0.3) is 5.56 Å². The molecule has 1 heterocycles.